The Morgan fingerprint density at radius 2 is 0.862 bits per heavy atom. The second-order valence-electron chi connectivity index (χ2n) is 16.7. The molecule has 0 N–H and O–H groups in total. The molecule has 8 aromatic rings. The van der Waals surface area contributed by atoms with Crippen molar-refractivity contribution in [2.24, 2.45) is 0 Å². The summed E-state index contributed by atoms with van der Waals surface area (Å²) in [6.45, 7) is 4.73. The first-order valence-electron chi connectivity index (χ1n) is 21.1. The first-order valence-corrected chi connectivity index (χ1v) is 21.1. The van der Waals surface area contributed by atoms with Gasteiger partial charge in [0.1, 0.15) is 0 Å². The van der Waals surface area contributed by atoms with Crippen molar-refractivity contribution in [2.45, 2.75) is 57.3 Å². The molecule has 2 aliphatic rings. The van der Waals surface area contributed by atoms with Gasteiger partial charge in [-0.05, 0) is 127 Å². The zero-order chi connectivity index (χ0) is 39.1. The molecule has 282 valence electrons. The molecule has 58 heavy (non-hydrogen) atoms. The summed E-state index contributed by atoms with van der Waals surface area (Å²) in [6.07, 6.45) is 6.75. The number of nitrogens with zero attached hydrogens (tertiary/aromatic N) is 1. The van der Waals surface area contributed by atoms with Gasteiger partial charge in [-0.15, -0.1) is 0 Å². The maximum absolute atomic E-state index is 2.43. The molecule has 1 nitrogen and oxygen atoms in total. The average molecular weight is 748 g/mol. The van der Waals surface area contributed by atoms with Crippen molar-refractivity contribution in [1.82, 2.24) is 0 Å². The Morgan fingerprint density at radius 3 is 1.47 bits per heavy atom. The van der Waals surface area contributed by atoms with Crippen LogP contribution in [0.1, 0.15) is 68.6 Å². The van der Waals surface area contributed by atoms with Crippen molar-refractivity contribution in [3.05, 3.63) is 211 Å². The lowest BCUT2D eigenvalue weighted by Gasteiger charge is -2.28. The summed E-state index contributed by atoms with van der Waals surface area (Å²) in [5, 5.41) is 0. The summed E-state index contributed by atoms with van der Waals surface area (Å²) in [5.74, 6) is 0.715. The van der Waals surface area contributed by atoms with E-state index in [-0.39, 0.29) is 5.41 Å². The van der Waals surface area contributed by atoms with E-state index in [1.165, 1.54) is 104 Å². The van der Waals surface area contributed by atoms with Crippen LogP contribution in [-0.2, 0) is 5.41 Å². The molecule has 0 amide bonds. The van der Waals surface area contributed by atoms with Gasteiger partial charge < -0.3 is 4.90 Å². The third-order valence-corrected chi connectivity index (χ3v) is 12.9. The van der Waals surface area contributed by atoms with Gasteiger partial charge in [0.2, 0.25) is 0 Å². The Hall–Kier alpha value is -6.44. The van der Waals surface area contributed by atoms with Gasteiger partial charge in [-0.25, -0.2) is 0 Å². The number of fused-ring (bicyclic) bond motifs is 3. The molecule has 0 atom stereocenters. The number of hydrogen-bond acceptors (Lipinski definition) is 1. The normalized spacial score (nSPS) is 14.4. The van der Waals surface area contributed by atoms with Crippen LogP contribution in [0.5, 0.6) is 0 Å². The van der Waals surface area contributed by atoms with Crippen LogP contribution < -0.4 is 4.90 Å². The monoisotopic (exact) mass is 747 g/mol. The minimum Gasteiger partial charge on any atom is -0.310 e. The Balaban J connectivity index is 1.06. The van der Waals surface area contributed by atoms with Crippen LogP contribution in [0.4, 0.5) is 17.1 Å². The molecule has 0 radical (unpaired) electrons. The fourth-order valence-corrected chi connectivity index (χ4v) is 9.82. The van der Waals surface area contributed by atoms with E-state index in [9.17, 15) is 0 Å². The lowest BCUT2D eigenvalue weighted by Crippen LogP contribution is -2.16. The lowest BCUT2D eigenvalue weighted by atomic mass is 9.82. The summed E-state index contributed by atoms with van der Waals surface area (Å²) in [7, 11) is 0. The molecular weight excluding hydrogens is 699 g/mol. The third-order valence-electron chi connectivity index (χ3n) is 12.9. The first-order chi connectivity index (χ1) is 28.5. The third kappa shape index (κ3) is 6.55. The smallest absolute Gasteiger partial charge is 0.0465 e. The van der Waals surface area contributed by atoms with Crippen molar-refractivity contribution in [2.75, 3.05) is 4.90 Å². The van der Waals surface area contributed by atoms with Crippen LogP contribution in [0.2, 0.25) is 0 Å². The van der Waals surface area contributed by atoms with E-state index in [0.717, 1.165) is 17.1 Å². The molecule has 0 saturated heterocycles. The zero-order valence-corrected chi connectivity index (χ0v) is 33.5. The number of hydrogen-bond donors (Lipinski definition) is 0. The second kappa shape index (κ2) is 15.1. The molecule has 0 aliphatic heterocycles. The van der Waals surface area contributed by atoms with Gasteiger partial charge in [-0.2, -0.15) is 0 Å². The molecule has 1 saturated carbocycles. The highest BCUT2D eigenvalue weighted by Crippen LogP contribution is 2.51. The molecule has 1 heteroatoms. The minimum atomic E-state index is -0.0971. The molecule has 0 spiro atoms. The van der Waals surface area contributed by atoms with Gasteiger partial charge >= 0.3 is 0 Å². The van der Waals surface area contributed by atoms with Gasteiger partial charge in [0.15, 0.2) is 0 Å². The van der Waals surface area contributed by atoms with Crippen molar-refractivity contribution in [3.8, 4) is 55.6 Å². The SMILES string of the molecule is CC1(C)c2ccccc2-c2ccc(N(c3ccc(-c4ccc(C5CCCCC5)cc4)cc3)c3ccc(-c4c(-c5ccccc5)cccc4-c4ccccc4)cc3)cc21. The zero-order valence-electron chi connectivity index (χ0n) is 33.5. The molecule has 8 aromatic carbocycles. The van der Waals surface area contributed by atoms with Gasteiger partial charge in [0.05, 0.1) is 0 Å². The predicted octanol–water partition coefficient (Wildman–Crippen LogP) is 16.2. The number of rotatable bonds is 8. The highest BCUT2D eigenvalue weighted by atomic mass is 15.1. The molecule has 0 unspecified atom stereocenters. The van der Waals surface area contributed by atoms with E-state index >= 15 is 0 Å². The molecule has 0 bridgehead atoms. The summed E-state index contributed by atoms with van der Waals surface area (Å²) in [6, 6.07) is 72.0. The van der Waals surface area contributed by atoms with E-state index in [4.69, 9.17) is 0 Å². The van der Waals surface area contributed by atoms with Crippen molar-refractivity contribution >= 4 is 17.1 Å². The maximum atomic E-state index is 2.43. The Kier molecular flexibility index (Phi) is 9.38. The molecule has 1 fully saturated rings. The Morgan fingerprint density at radius 1 is 0.379 bits per heavy atom. The fourth-order valence-electron chi connectivity index (χ4n) is 9.82. The molecule has 0 aromatic heterocycles. The van der Waals surface area contributed by atoms with Crippen LogP contribution in [0.3, 0.4) is 0 Å². The Labute approximate surface area is 344 Å². The van der Waals surface area contributed by atoms with Crippen molar-refractivity contribution < 1.29 is 0 Å². The summed E-state index contributed by atoms with van der Waals surface area (Å²) in [4.78, 5) is 2.43. The highest BCUT2D eigenvalue weighted by Gasteiger charge is 2.35. The molecule has 10 rings (SSSR count). The highest BCUT2D eigenvalue weighted by molar-refractivity contribution is 5.95. The van der Waals surface area contributed by atoms with Crippen LogP contribution >= 0.6 is 0 Å². The first kappa shape index (κ1) is 35.9. The largest absolute Gasteiger partial charge is 0.310 e. The summed E-state index contributed by atoms with van der Waals surface area (Å²) < 4.78 is 0. The summed E-state index contributed by atoms with van der Waals surface area (Å²) in [5.41, 5.74) is 20.1. The maximum Gasteiger partial charge on any atom is 0.0465 e. The van der Waals surface area contributed by atoms with E-state index in [1.807, 2.05) is 0 Å². The van der Waals surface area contributed by atoms with Crippen LogP contribution in [-0.4, -0.2) is 0 Å². The van der Waals surface area contributed by atoms with Crippen LogP contribution in [0, 0.1) is 0 Å². The van der Waals surface area contributed by atoms with Crippen LogP contribution in [0.25, 0.3) is 55.6 Å². The number of anilines is 3. The van der Waals surface area contributed by atoms with Gasteiger partial charge in [0, 0.05) is 22.5 Å². The quantitative estimate of drug-likeness (QED) is 0.150. The van der Waals surface area contributed by atoms with Gasteiger partial charge in [-0.3, -0.25) is 0 Å². The second-order valence-corrected chi connectivity index (χ2v) is 16.7. The topological polar surface area (TPSA) is 3.24 Å². The molecular formula is C57H49N. The lowest BCUT2D eigenvalue weighted by molar-refractivity contribution is 0.443. The minimum absolute atomic E-state index is 0.0971. The van der Waals surface area contributed by atoms with Crippen molar-refractivity contribution in [3.63, 3.8) is 0 Å². The summed E-state index contributed by atoms with van der Waals surface area (Å²) >= 11 is 0. The fraction of sp³-hybridized carbons (Fsp3) is 0.158. The van der Waals surface area contributed by atoms with E-state index in [0.29, 0.717) is 5.92 Å². The average Bonchev–Trinajstić information content (AvgIpc) is 3.53. The standard InChI is InChI=1S/C57H49N/c1-57(2)54-24-13-12-21-52(54)53-38-37-49(39-55(53)57)58(47-33-29-43(30-34-47)42-27-25-41(26-28-42)40-15-6-3-7-16-40)48-35-31-46(32-36-48)56-50(44-17-8-4-9-18-44)22-14-23-51(56)45-19-10-5-11-20-45/h4-5,8-14,17-40H,3,6-7,15-16H2,1-2H3. The van der Waals surface area contributed by atoms with Gasteiger partial charge in [-0.1, -0.05) is 191 Å². The van der Waals surface area contributed by atoms with Gasteiger partial charge in [0.25, 0.3) is 0 Å². The van der Waals surface area contributed by atoms with Crippen LogP contribution in [0.15, 0.2) is 194 Å². The van der Waals surface area contributed by atoms with Crippen molar-refractivity contribution in [1.29, 1.82) is 0 Å². The molecule has 0 heterocycles. The van der Waals surface area contributed by atoms with E-state index in [1.54, 1.807) is 0 Å². The predicted molar refractivity (Wildman–Crippen MR) is 246 cm³/mol. The van der Waals surface area contributed by atoms with E-state index < -0.39 is 0 Å². The molecule has 2 aliphatic carbocycles. The van der Waals surface area contributed by atoms with E-state index in [2.05, 4.69) is 213 Å². The Bertz CT molecular complexity index is 2620. The number of benzene rings is 8.